The summed E-state index contributed by atoms with van der Waals surface area (Å²) >= 11 is 0. The zero-order valence-corrected chi connectivity index (χ0v) is 23.2. The van der Waals surface area contributed by atoms with Crippen molar-refractivity contribution in [3.63, 3.8) is 0 Å². The van der Waals surface area contributed by atoms with Gasteiger partial charge in [-0.25, -0.2) is 4.79 Å². The highest BCUT2D eigenvalue weighted by Crippen LogP contribution is 2.55. The van der Waals surface area contributed by atoms with E-state index in [0.29, 0.717) is 25.8 Å². The fourth-order valence-electron chi connectivity index (χ4n) is 7.44. The summed E-state index contributed by atoms with van der Waals surface area (Å²) in [5, 5.41) is 8.90. The Kier molecular flexibility index (Phi) is 8.10. The molecule has 208 valence electrons. The third kappa shape index (κ3) is 6.96. The van der Waals surface area contributed by atoms with Crippen molar-refractivity contribution in [2.45, 2.75) is 116 Å². The van der Waals surface area contributed by atoms with Gasteiger partial charge in [0.1, 0.15) is 17.7 Å². The molecule has 0 radical (unpaired) electrons. The summed E-state index contributed by atoms with van der Waals surface area (Å²) in [5.41, 5.74) is -0.757. The molecule has 5 aliphatic rings. The van der Waals surface area contributed by atoms with Crippen molar-refractivity contribution in [1.29, 1.82) is 0 Å². The van der Waals surface area contributed by atoms with E-state index in [-0.39, 0.29) is 35.7 Å². The van der Waals surface area contributed by atoms with Crippen molar-refractivity contribution in [2.24, 2.45) is 23.7 Å². The van der Waals surface area contributed by atoms with Gasteiger partial charge in [0, 0.05) is 12.1 Å². The lowest BCUT2D eigenvalue weighted by Crippen LogP contribution is -2.61. The number of ether oxygens (including phenoxy) is 1. The molecule has 0 aromatic rings. The molecule has 1 saturated heterocycles. The molecule has 4 bridgehead atoms. The van der Waals surface area contributed by atoms with Crippen LogP contribution < -0.4 is 16.0 Å². The number of hydrogen-bond donors (Lipinski definition) is 3. The summed E-state index contributed by atoms with van der Waals surface area (Å²) in [6, 6.07) is -1.45. The molecule has 1 heterocycles. The summed E-state index contributed by atoms with van der Waals surface area (Å²) in [7, 11) is 0. The number of carbonyl (C=O) groups is 4. The number of carbonyl (C=O) groups excluding carboxylic acids is 4. The molecule has 9 heteroatoms. The standard InChI is InChI=1S/C28H46N4O5/c1-17(2)9-21(30-25(35)22-7-6-8-32(22)26(36)37-27(3,4)5)24(34)29-16-23(33)31-28-13-18-10-19(14-28)12-20(11-18)15-28/h17-22H,6-16H2,1-5H3,(H,29,34)(H,30,35)(H,31,33)/t18?,19?,20?,21-,22-,28?/m0/s1. The van der Waals surface area contributed by atoms with Crippen LogP contribution in [0.4, 0.5) is 4.79 Å². The van der Waals surface area contributed by atoms with Crippen LogP contribution in [-0.2, 0) is 19.1 Å². The molecule has 4 aliphatic carbocycles. The van der Waals surface area contributed by atoms with Gasteiger partial charge in [0.05, 0.1) is 6.54 Å². The van der Waals surface area contributed by atoms with Gasteiger partial charge in [0.25, 0.3) is 0 Å². The predicted octanol–water partition coefficient (Wildman–Crippen LogP) is 3.12. The molecule has 0 unspecified atom stereocenters. The van der Waals surface area contributed by atoms with Crippen molar-refractivity contribution in [3.8, 4) is 0 Å². The molecular formula is C28H46N4O5. The molecule has 0 aromatic carbocycles. The smallest absolute Gasteiger partial charge is 0.410 e. The van der Waals surface area contributed by atoms with Crippen molar-refractivity contribution < 1.29 is 23.9 Å². The molecule has 9 nitrogen and oxygen atoms in total. The van der Waals surface area contributed by atoms with Gasteiger partial charge in [0.2, 0.25) is 17.7 Å². The molecule has 1 aliphatic heterocycles. The number of nitrogens with one attached hydrogen (secondary N) is 3. The average Bonchev–Trinajstić information content (AvgIpc) is 3.24. The highest BCUT2D eigenvalue weighted by molar-refractivity contribution is 5.93. The van der Waals surface area contributed by atoms with Crippen LogP contribution in [-0.4, -0.2) is 65.0 Å². The van der Waals surface area contributed by atoms with Crippen LogP contribution in [0.1, 0.15) is 92.4 Å². The number of likely N-dealkylation sites (tertiary alicyclic amines) is 1. The zero-order chi connectivity index (χ0) is 27.0. The van der Waals surface area contributed by atoms with E-state index >= 15 is 0 Å². The Hall–Kier alpha value is -2.32. The average molecular weight is 519 g/mol. The second-order valence-electron chi connectivity index (χ2n) is 13.5. The van der Waals surface area contributed by atoms with Crippen molar-refractivity contribution >= 4 is 23.8 Å². The van der Waals surface area contributed by atoms with Gasteiger partial charge in [-0.1, -0.05) is 13.8 Å². The maximum absolute atomic E-state index is 13.2. The number of rotatable bonds is 8. The van der Waals surface area contributed by atoms with Crippen LogP contribution >= 0.6 is 0 Å². The van der Waals surface area contributed by atoms with Crippen LogP contribution in [0.15, 0.2) is 0 Å². The highest BCUT2D eigenvalue weighted by atomic mass is 16.6. The maximum Gasteiger partial charge on any atom is 0.410 e. The van der Waals surface area contributed by atoms with Crippen molar-refractivity contribution in [3.05, 3.63) is 0 Å². The normalized spacial score (nSPS) is 31.2. The Bertz CT molecular complexity index is 860. The minimum atomic E-state index is -0.777. The summed E-state index contributed by atoms with van der Waals surface area (Å²) in [5.74, 6) is 1.44. The lowest BCUT2D eigenvalue weighted by atomic mass is 9.53. The van der Waals surface area contributed by atoms with Crippen LogP contribution in [0.2, 0.25) is 0 Å². The first-order chi connectivity index (χ1) is 17.3. The van der Waals surface area contributed by atoms with Crippen LogP contribution in [0.25, 0.3) is 0 Å². The van der Waals surface area contributed by atoms with E-state index in [1.165, 1.54) is 24.2 Å². The summed E-state index contributed by atoms with van der Waals surface area (Å²) in [4.78, 5) is 53.2. The third-order valence-electron chi connectivity index (χ3n) is 8.39. The van der Waals surface area contributed by atoms with Gasteiger partial charge >= 0.3 is 6.09 Å². The van der Waals surface area contributed by atoms with E-state index in [0.717, 1.165) is 37.0 Å². The molecule has 0 spiro atoms. The number of amides is 4. The quantitative estimate of drug-likeness (QED) is 0.457. The first kappa shape index (κ1) is 27.7. The Balaban J connectivity index is 1.31. The van der Waals surface area contributed by atoms with Crippen LogP contribution in [0.5, 0.6) is 0 Å². The Labute approximate surface area is 221 Å². The second kappa shape index (κ2) is 10.8. The SMILES string of the molecule is CC(C)C[C@H](NC(=O)[C@@H]1CCCN1C(=O)OC(C)(C)C)C(=O)NCC(=O)NC12CC3CC(CC(C3)C1)C2. The summed E-state index contributed by atoms with van der Waals surface area (Å²) < 4.78 is 5.47. The van der Waals surface area contributed by atoms with E-state index in [1.54, 1.807) is 20.8 Å². The molecule has 5 rings (SSSR count). The summed E-state index contributed by atoms with van der Waals surface area (Å²) in [6.07, 6.45) is 8.21. The molecular weight excluding hydrogens is 472 g/mol. The Morgan fingerprint density at radius 1 is 1.00 bits per heavy atom. The van der Waals surface area contributed by atoms with Crippen molar-refractivity contribution in [2.75, 3.05) is 13.1 Å². The minimum absolute atomic E-state index is 0.0987. The molecule has 0 aromatic heterocycles. The lowest BCUT2D eigenvalue weighted by molar-refractivity contribution is -0.133. The largest absolute Gasteiger partial charge is 0.444 e. The Morgan fingerprint density at radius 3 is 2.14 bits per heavy atom. The van der Waals surface area contributed by atoms with Gasteiger partial charge in [-0.3, -0.25) is 19.3 Å². The maximum atomic E-state index is 13.2. The zero-order valence-electron chi connectivity index (χ0n) is 23.2. The van der Waals surface area contributed by atoms with E-state index in [1.807, 2.05) is 13.8 Å². The first-order valence-corrected chi connectivity index (χ1v) is 14.2. The molecule has 5 fully saturated rings. The van der Waals surface area contributed by atoms with Gasteiger partial charge in [0.15, 0.2) is 0 Å². The number of nitrogens with zero attached hydrogens (tertiary/aromatic N) is 1. The van der Waals surface area contributed by atoms with Gasteiger partial charge in [-0.2, -0.15) is 0 Å². The van der Waals surface area contributed by atoms with Gasteiger partial charge in [-0.05, 0) is 102 Å². The predicted molar refractivity (Wildman–Crippen MR) is 139 cm³/mol. The van der Waals surface area contributed by atoms with Crippen molar-refractivity contribution in [1.82, 2.24) is 20.9 Å². The highest BCUT2D eigenvalue weighted by Gasteiger charge is 2.51. The number of hydrogen-bond acceptors (Lipinski definition) is 5. The van der Waals surface area contributed by atoms with Crippen LogP contribution in [0, 0.1) is 23.7 Å². The topological polar surface area (TPSA) is 117 Å². The lowest BCUT2D eigenvalue weighted by Gasteiger charge is -2.56. The van der Waals surface area contributed by atoms with E-state index in [2.05, 4.69) is 16.0 Å². The third-order valence-corrected chi connectivity index (χ3v) is 8.39. The fraction of sp³-hybridized carbons (Fsp3) is 0.857. The Morgan fingerprint density at radius 2 is 1.59 bits per heavy atom. The molecule has 4 amide bonds. The van der Waals surface area contributed by atoms with Gasteiger partial charge in [-0.15, -0.1) is 0 Å². The van der Waals surface area contributed by atoms with E-state index < -0.39 is 23.8 Å². The van der Waals surface area contributed by atoms with Crippen LogP contribution in [0.3, 0.4) is 0 Å². The molecule has 2 atom stereocenters. The summed E-state index contributed by atoms with van der Waals surface area (Å²) in [6.45, 7) is 9.68. The van der Waals surface area contributed by atoms with E-state index in [9.17, 15) is 19.2 Å². The van der Waals surface area contributed by atoms with E-state index in [4.69, 9.17) is 4.74 Å². The molecule has 37 heavy (non-hydrogen) atoms. The molecule has 3 N–H and O–H groups in total. The fourth-order valence-corrected chi connectivity index (χ4v) is 7.44. The van der Waals surface area contributed by atoms with Gasteiger partial charge < -0.3 is 20.7 Å². The second-order valence-corrected chi connectivity index (χ2v) is 13.5. The minimum Gasteiger partial charge on any atom is -0.444 e. The monoisotopic (exact) mass is 518 g/mol. The molecule has 4 saturated carbocycles. The first-order valence-electron chi connectivity index (χ1n) is 14.2.